The molecular weight excluding hydrogens is 260 g/mol. The molecule has 1 saturated heterocycles. The second-order valence-electron chi connectivity index (χ2n) is 5.75. The van der Waals surface area contributed by atoms with Crippen molar-refractivity contribution >= 4 is 11.9 Å². The molecular formula is C15H26O5. The number of carbonyl (C=O) groups is 2. The Balaban J connectivity index is 2.66. The molecule has 0 radical (unpaired) electrons. The van der Waals surface area contributed by atoms with Gasteiger partial charge in [0.05, 0.1) is 18.3 Å². The number of carbonyl (C=O) groups excluding carboxylic acids is 2. The van der Waals surface area contributed by atoms with Gasteiger partial charge in [-0.25, -0.2) is 0 Å². The highest BCUT2D eigenvalue weighted by atomic mass is 16.6. The van der Waals surface area contributed by atoms with Crippen molar-refractivity contribution in [1.82, 2.24) is 0 Å². The molecule has 0 aromatic carbocycles. The van der Waals surface area contributed by atoms with Crippen molar-refractivity contribution in [3.8, 4) is 0 Å². The fraction of sp³-hybridized carbons (Fsp3) is 0.867. The van der Waals surface area contributed by atoms with Crippen molar-refractivity contribution in [2.45, 2.75) is 71.7 Å². The summed E-state index contributed by atoms with van der Waals surface area (Å²) in [7, 11) is 0. The van der Waals surface area contributed by atoms with E-state index in [4.69, 9.17) is 14.2 Å². The first-order chi connectivity index (χ1) is 9.40. The summed E-state index contributed by atoms with van der Waals surface area (Å²) in [4.78, 5) is 24.1. The molecule has 116 valence electrons. The number of hydrogen-bond acceptors (Lipinski definition) is 5. The highest BCUT2D eigenvalue weighted by Gasteiger charge is 2.34. The van der Waals surface area contributed by atoms with E-state index >= 15 is 0 Å². The smallest absolute Gasteiger partial charge is 0.320 e. The van der Waals surface area contributed by atoms with Gasteiger partial charge in [0.15, 0.2) is 5.92 Å². The lowest BCUT2D eigenvalue weighted by Crippen LogP contribution is -2.35. The van der Waals surface area contributed by atoms with Gasteiger partial charge < -0.3 is 14.2 Å². The fourth-order valence-electron chi connectivity index (χ4n) is 2.17. The number of esters is 2. The van der Waals surface area contributed by atoms with Crippen molar-refractivity contribution < 1.29 is 23.8 Å². The first-order valence-electron chi connectivity index (χ1n) is 7.42. The van der Waals surface area contributed by atoms with E-state index in [0.717, 1.165) is 19.3 Å². The van der Waals surface area contributed by atoms with E-state index in [-0.39, 0.29) is 18.3 Å². The van der Waals surface area contributed by atoms with Crippen LogP contribution in [0.5, 0.6) is 0 Å². The van der Waals surface area contributed by atoms with Crippen molar-refractivity contribution in [3.63, 3.8) is 0 Å². The molecule has 1 atom stereocenters. The van der Waals surface area contributed by atoms with Gasteiger partial charge in [-0.2, -0.15) is 0 Å². The second-order valence-corrected chi connectivity index (χ2v) is 5.75. The summed E-state index contributed by atoms with van der Waals surface area (Å²) < 4.78 is 15.9. The van der Waals surface area contributed by atoms with E-state index in [1.54, 1.807) is 27.7 Å². The minimum absolute atomic E-state index is 0.0619. The molecule has 0 amide bonds. The van der Waals surface area contributed by atoms with Gasteiger partial charge in [-0.05, 0) is 53.4 Å². The SMILES string of the molecule is CC(C)OC(=O)C(CC1CCCCO1)C(=O)OC(C)C. The lowest BCUT2D eigenvalue weighted by molar-refractivity contribution is -0.168. The van der Waals surface area contributed by atoms with Crippen molar-refractivity contribution in [3.05, 3.63) is 0 Å². The number of rotatable bonds is 6. The van der Waals surface area contributed by atoms with E-state index < -0.39 is 17.9 Å². The molecule has 1 fully saturated rings. The van der Waals surface area contributed by atoms with Crippen molar-refractivity contribution in [1.29, 1.82) is 0 Å². The van der Waals surface area contributed by atoms with Gasteiger partial charge >= 0.3 is 11.9 Å². The van der Waals surface area contributed by atoms with Crippen LogP contribution in [0, 0.1) is 5.92 Å². The van der Waals surface area contributed by atoms with E-state index in [1.165, 1.54) is 0 Å². The van der Waals surface area contributed by atoms with E-state index in [2.05, 4.69) is 0 Å². The Morgan fingerprint density at radius 1 is 1.05 bits per heavy atom. The Hall–Kier alpha value is -1.10. The molecule has 0 aromatic heterocycles. The van der Waals surface area contributed by atoms with Crippen LogP contribution in [-0.2, 0) is 23.8 Å². The van der Waals surface area contributed by atoms with Crippen LogP contribution in [0.2, 0.25) is 0 Å². The molecule has 1 heterocycles. The van der Waals surface area contributed by atoms with E-state index in [9.17, 15) is 9.59 Å². The van der Waals surface area contributed by atoms with Crippen LogP contribution in [0.25, 0.3) is 0 Å². The number of ether oxygens (including phenoxy) is 3. The van der Waals surface area contributed by atoms with Gasteiger partial charge in [0.1, 0.15) is 0 Å². The third kappa shape index (κ3) is 5.90. The summed E-state index contributed by atoms with van der Waals surface area (Å²) in [5, 5.41) is 0. The minimum atomic E-state index is -0.886. The summed E-state index contributed by atoms with van der Waals surface area (Å²) in [5.74, 6) is -1.91. The van der Waals surface area contributed by atoms with Gasteiger partial charge in [-0.1, -0.05) is 0 Å². The summed E-state index contributed by atoms with van der Waals surface area (Å²) >= 11 is 0. The normalized spacial score (nSPS) is 19.4. The lowest BCUT2D eigenvalue weighted by Gasteiger charge is -2.26. The predicted octanol–water partition coefficient (Wildman–Crippen LogP) is 2.47. The first-order valence-corrected chi connectivity index (χ1v) is 7.42. The Kier molecular flexibility index (Phi) is 6.99. The second kappa shape index (κ2) is 8.25. The monoisotopic (exact) mass is 286 g/mol. The van der Waals surface area contributed by atoms with Crippen LogP contribution < -0.4 is 0 Å². The van der Waals surface area contributed by atoms with Crippen molar-refractivity contribution in [2.24, 2.45) is 5.92 Å². The quantitative estimate of drug-likeness (QED) is 0.554. The average Bonchev–Trinajstić information content (AvgIpc) is 2.35. The molecule has 1 rings (SSSR count). The molecule has 20 heavy (non-hydrogen) atoms. The Morgan fingerprint density at radius 2 is 1.60 bits per heavy atom. The number of hydrogen-bond donors (Lipinski definition) is 0. The molecule has 0 spiro atoms. The molecule has 5 heteroatoms. The summed E-state index contributed by atoms with van der Waals surface area (Å²) in [6, 6.07) is 0. The maximum absolute atomic E-state index is 12.1. The molecule has 0 saturated carbocycles. The molecule has 0 bridgehead atoms. The summed E-state index contributed by atoms with van der Waals surface area (Å²) in [6.07, 6.45) is 2.77. The molecule has 0 aromatic rings. The minimum Gasteiger partial charge on any atom is -0.462 e. The zero-order valence-corrected chi connectivity index (χ0v) is 12.9. The van der Waals surface area contributed by atoms with Gasteiger partial charge in [-0.15, -0.1) is 0 Å². The van der Waals surface area contributed by atoms with Crippen molar-refractivity contribution in [2.75, 3.05) is 6.61 Å². The standard InChI is InChI=1S/C15H26O5/c1-10(2)19-14(16)13(15(17)20-11(3)4)9-12-7-5-6-8-18-12/h10-13H,5-9H2,1-4H3. The zero-order chi connectivity index (χ0) is 15.1. The van der Waals surface area contributed by atoms with Gasteiger partial charge in [-0.3, -0.25) is 9.59 Å². The Bertz CT molecular complexity index is 296. The molecule has 0 aliphatic carbocycles. The summed E-state index contributed by atoms with van der Waals surface area (Å²) in [5.41, 5.74) is 0. The van der Waals surface area contributed by atoms with E-state index in [0.29, 0.717) is 13.0 Å². The third-order valence-electron chi connectivity index (χ3n) is 3.05. The molecule has 5 nitrogen and oxygen atoms in total. The van der Waals surface area contributed by atoms with Gasteiger partial charge in [0, 0.05) is 6.61 Å². The zero-order valence-electron chi connectivity index (χ0n) is 12.9. The fourth-order valence-corrected chi connectivity index (χ4v) is 2.17. The van der Waals surface area contributed by atoms with Crippen LogP contribution in [0.15, 0.2) is 0 Å². The van der Waals surface area contributed by atoms with Gasteiger partial charge in [0.25, 0.3) is 0 Å². The van der Waals surface area contributed by atoms with Crippen LogP contribution in [0.3, 0.4) is 0 Å². The third-order valence-corrected chi connectivity index (χ3v) is 3.05. The maximum atomic E-state index is 12.1. The summed E-state index contributed by atoms with van der Waals surface area (Å²) in [6.45, 7) is 7.75. The van der Waals surface area contributed by atoms with Crippen LogP contribution in [0.4, 0.5) is 0 Å². The lowest BCUT2D eigenvalue weighted by atomic mass is 9.96. The highest BCUT2D eigenvalue weighted by Crippen LogP contribution is 2.22. The molecule has 1 unspecified atom stereocenters. The maximum Gasteiger partial charge on any atom is 0.320 e. The van der Waals surface area contributed by atoms with Crippen LogP contribution in [0.1, 0.15) is 53.4 Å². The first kappa shape index (κ1) is 17.0. The predicted molar refractivity (Wildman–Crippen MR) is 74.2 cm³/mol. The average molecular weight is 286 g/mol. The largest absolute Gasteiger partial charge is 0.462 e. The molecule has 1 aliphatic rings. The van der Waals surface area contributed by atoms with Gasteiger partial charge in [0.2, 0.25) is 0 Å². The molecule has 1 aliphatic heterocycles. The Labute approximate surface area is 121 Å². The Morgan fingerprint density at radius 3 is 2.00 bits per heavy atom. The molecule has 0 N–H and O–H groups in total. The van der Waals surface area contributed by atoms with Crippen LogP contribution >= 0.6 is 0 Å². The van der Waals surface area contributed by atoms with Crippen LogP contribution in [-0.4, -0.2) is 36.9 Å². The van der Waals surface area contributed by atoms with E-state index in [1.807, 2.05) is 0 Å². The topological polar surface area (TPSA) is 61.8 Å². The highest BCUT2D eigenvalue weighted by molar-refractivity contribution is 5.95.